The number of imidazole rings is 1. The van der Waals surface area contributed by atoms with Gasteiger partial charge >= 0.3 is 5.97 Å². The largest absolute Gasteiger partial charge is 0.458 e. The van der Waals surface area contributed by atoms with Crippen molar-refractivity contribution in [1.29, 1.82) is 0 Å². The molecule has 5 nitrogen and oxygen atoms in total. The van der Waals surface area contributed by atoms with Gasteiger partial charge in [-0.1, -0.05) is 19.1 Å². The Hall–Kier alpha value is -2.43. The Kier molecular flexibility index (Phi) is 4.44. The van der Waals surface area contributed by atoms with Gasteiger partial charge in [-0.15, -0.1) is 0 Å². The van der Waals surface area contributed by atoms with Crippen molar-refractivity contribution in [1.82, 2.24) is 14.5 Å². The van der Waals surface area contributed by atoms with Crippen LogP contribution in [0.5, 0.6) is 0 Å². The molecular formula is C14H15N3O2. The third-order valence-corrected chi connectivity index (χ3v) is 2.46. The number of esters is 1. The minimum Gasteiger partial charge on any atom is -0.458 e. The van der Waals surface area contributed by atoms with E-state index < -0.39 is 0 Å². The standard InChI is InChI=1S/C14H15N3O2/c1-2-3-4-9-19-14(18)12-5-6-16-13(10-12)17-8-7-15-11-17/h3-8,10-11H,2,9H2,1H3. The second-order valence-electron chi connectivity index (χ2n) is 3.85. The van der Waals surface area contributed by atoms with Crippen molar-refractivity contribution >= 4 is 5.97 Å². The lowest BCUT2D eigenvalue weighted by molar-refractivity contribution is 0.0549. The first kappa shape index (κ1) is 13.0. The summed E-state index contributed by atoms with van der Waals surface area (Å²) in [6.45, 7) is 2.31. The molecule has 0 amide bonds. The van der Waals surface area contributed by atoms with Gasteiger partial charge in [-0.2, -0.15) is 0 Å². The van der Waals surface area contributed by atoms with E-state index in [0.29, 0.717) is 11.4 Å². The highest BCUT2D eigenvalue weighted by Crippen LogP contribution is 2.08. The van der Waals surface area contributed by atoms with Crippen LogP contribution in [0.4, 0.5) is 0 Å². The van der Waals surface area contributed by atoms with Crippen LogP contribution < -0.4 is 0 Å². The predicted octanol–water partition coefficient (Wildman–Crippen LogP) is 2.39. The number of aromatic nitrogens is 3. The molecular weight excluding hydrogens is 242 g/mol. The summed E-state index contributed by atoms with van der Waals surface area (Å²) in [7, 11) is 0. The molecule has 0 aliphatic rings. The number of nitrogens with zero attached hydrogens (tertiary/aromatic N) is 3. The van der Waals surface area contributed by atoms with Gasteiger partial charge in [0.2, 0.25) is 0 Å². The summed E-state index contributed by atoms with van der Waals surface area (Å²) in [4.78, 5) is 19.9. The van der Waals surface area contributed by atoms with Crippen LogP contribution in [0, 0.1) is 0 Å². The summed E-state index contributed by atoms with van der Waals surface area (Å²) in [5.74, 6) is 0.278. The zero-order chi connectivity index (χ0) is 13.5. The number of pyridine rings is 1. The maximum absolute atomic E-state index is 11.8. The van der Waals surface area contributed by atoms with Gasteiger partial charge in [0.15, 0.2) is 0 Å². The van der Waals surface area contributed by atoms with Gasteiger partial charge in [0.1, 0.15) is 18.8 Å². The molecule has 98 valence electrons. The Morgan fingerprint density at radius 3 is 3.05 bits per heavy atom. The van der Waals surface area contributed by atoms with Gasteiger partial charge in [-0.3, -0.25) is 4.57 Å². The molecule has 0 N–H and O–H groups in total. The first-order valence-corrected chi connectivity index (χ1v) is 6.07. The van der Waals surface area contributed by atoms with Gasteiger partial charge in [0, 0.05) is 18.6 Å². The normalized spacial score (nSPS) is 10.8. The van der Waals surface area contributed by atoms with Crippen molar-refractivity contribution in [2.75, 3.05) is 6.61 Å². The highest BCUT2D eigenvalue weighted by atomic mass is 16.5. The van der Waals surface area contributed by atoms with Crippen molar-refractivity contribution < 1.29 is 9.53 Å². The molecule has 0 bridgehead atoms. The monoisotopic (exact) mass is 257 g/mol. The Morgan fingerprint density at radius 2 is 2.32 bits per heavy atom. The molecule has 0 aromatic carbocycles. The van der Waals surface area contributed by atoms with Gasteiger partial charge in [0.25, 0.3) is 0 Å². The number of rotatable bonds is 5. The molecule has 2 rings (SSSR count). The Balaban J connectivity index is 2.06. The summed E-state index contributed by atoms with van der Waals surface area (Å²) in [6, 6.07) is 3.31. The minimum atomic E-state index is -0.357. The van der Waals surface area contributed by atoms with Gasteiger partial charge in [0.05, 0.1) is 5.56 Å². The molecule has 0 spiro atoms. The number of allylic oxidation sites excluding steroid dienone is 1. The maximum atomic E-state index is 11.8. The van der Waals surface area contributed by atoms with Gasteiger partial charge in [-0.25, -0.2) is 14.8 Å². The lowest BCUT2D eigenvalue weighted by atomic mass is 10.2. The SMILES string of the molecule is CCC=CCOC(=O)c1ccnc(-n2ccnc2)c1. The van der Waals surface area contributed by atoms with Crippen molar-refractivity contribution in [2.24, 2.45) is 0 Å². The second kappa shape index (κ2) is 6.49. The Bertz CT molecular complexity index is 562. The second-order valence-corrected chi connectivity index (χ2v) is 3.85. The molecule has 0 saturated carbocycles. The first-order chi connectivity index (χ1) is 9.31. The van der Waals surface area contributed by atoms with Crippen LogP contribution in [-0.2, 0) is 4.74 Å². The van der Waals surface area contributed by atoms with Crippen LogP contribution in [0.2, 0.25) is 0 Å². The molecule has 0 atom stereocenters. The third-order valence-electron chi connectivity index (χ3n) is 2.46. The summed E-state index contributed by atoms with van der Waals surface area (Å²) in [6.07, 6.45) is 11.3. The van der Waals surface area contributed by atoms with Crippen LogP contribution in [0.3, 0.4) is 0 Å². The Labute approximate surface area is 111 Å². The zero-order valence-corrected chi connectivity index (χ0v) is 10.7. The zero-order valence-electron chi connectivity index (χ0n) is 10.7. The quantitative estimate of drug-likeness (QED) is 0.609. The van der Waals surface area contributed by atoms with E-state index in [0.717, 1.165) is 6.42 Å². The molecule has 2 aromatic heterocycles. The molecule has 2 aromatic rings. The van der Waals surface area contributed by atoms with Gasteiger partial charge < -0.3 is 4.74 Å². The van der Waals surface area contributed by atoms with E-state index in [1.165, 1.54) is 0 Å². The number of carbonyl (C=O) groups is 1. The topological polar surface area (TPSA) is 57.0 Å². The smallest absolute Gasteiger partial charge is 0.338 e. The van der Waals surface area contributed by atoms with E-state index >= 15 is 0 Å². The highest BCUT2D eigenvalue weighted by Gasteiger charge is 2.08. The molecule has 0 saturated heterocycles. The molecule has 19 heavy (non-hydrogen) atoms. The van der Waals surface area contributed by atoms with E-state index in [1.54, 1.807) is 41.6 Å². The fraction of sp³-hybridized carbons (Fsp3) is 0.214. The van der Waals surface area contributed by atoms with Crippen LogP contribution in [0.15, 0.2) is 49.2 Å². The van der Waals surface area contributed by atoms with Crippen LogP contribution in [-0.4, -0.2) is 27.1 Å². The number of hydrogen-bond donors (Lipinski definition) is 0. The minimum absolute atomic E-state index is 0.287. The molecule has 2 heterocycles. The Morgan fingerprint density at radius 1 is 1.42 bits per heavy atom. The molecule has 0 radical (unpaired) electrons. The first-order valence-electron chi connectivity index (χ1n) is 6.07. The van der Waals surface area contributed by atoms with Crippen molar-refractivity contribution in [2.45, 2.75) is 13.3 Å². The lowest BCUT2D eigenvalue weighted by Crippen LogP contribution is -2.06. The molecule has 0 unspecified atom stereocenters. The lowest BCUT2D eigenvalue weighted by Gasteiger charge is -2.04. The van der Waals surface area contributed by atoms with Crippen molar-refractivity contribution in [3.8, 4) is 5.82 Å². The van der Waals surface area contributed by atoms with Crippen molar-refractivity contribution in [3.63, 3.8) is 0 Å². The van der Waals surface area contributed by atoms with Crippen molar-refractivity contribution in [3.05, 3.63) is 54.8 Å². The number of hydrogen-bond acceptors (Lipinski definition) is 4. The third kappa shape index (κ3) is 3.51. The van der Waals surface area contributed by atoms with E-state index in [9.17, 15) is 4.79 Å². The summed E-state index contributed by atoms with van der Waals surface area (Å²) < 4.78 is 6.85. The fourth-order valence-electron chi connectivity index (χ4n) is 1.52. The fourth-order valence-corrected chi connectivity index (χ4v) is 1.52. The molecule has 0 fully saturated rings. The molecule has 0 aliphatic heterocycles. The van der Waals surface area contributed by atoms with E-state index in [-0.39, 0.29) is 12.6 Å². The average Bonchev–Trinajstić information content (AvgIpc) is 2.98. The predicted molar refractivity (Wildman–Crippen MR) is 71.1 cm³/mol. The van der Waals surface area contributed by atoms with Crippen LogP contribution in [0.25, 0.3) is 5.82 Å². The number of carbonyl (C=O) groups excluding carboxylic acids is 1. The summed E-state index contributed by atoms with van der Waals surface area (Å²) in [5, 5.41) is 0. The van der Waals surface area contributed by atoms with Crippen LogP contribution >= 0.6 is 0 Å². The molecule has 0 aliphatic carbocycles. The maximum Gasteiger partial charge on any atom is 0.338 e. The summed E-state index contributed by atoms with van der Waals surface area (Å²) >= 11 is 0. The molecule has 5 heteroatoms. The number of ether oxygens (including phenoxy) is 1. The van der Waals surface area contributed by atoms with Gasteiger partial charge in [-0.05, 0) is 18.6 Å². The van der Waals surface area contributed by atoms with E-state index in [2.05, 4.69) is 9.97 Å². The van der Waals surface area contributed by atoms with E-state index in [4.69, 9.17) is 4.74 Å². The van der Waals surface area contributed by atoms with E-state index in [1.807, 2.05) is 19.1 Å². The highest BCUT2D eigenvalue weighted by molar-refractivity contribution is 5.89. The van der Waals surface area contributed by atoms with Crippen LogP contribution in [0.1, 0.15) is 23.7 Å². The average molecular weight is 257 g/mol. The summed E-state index contributed by atoms with van der Waals surface area (Å²) in [5.41, 5.74) is 0.476.